The van der Waals surface area contributed by atoms with Crippen molar-refractivity contribution in [1.82, 2.24) is 4.90 Å². The van der Waals surface area contributed by atoms with Crippen LogP contribution < -0.4 is 9.80 Å². The van der Waals surface area contributed by atoms with Crippen LogP contribution in [0.3, 0.4) is 0 Å². The van der Waals surface area contributed by atoms with Gasteiger partial charge in [-0.05, 0) is 49.6 Å². The number of benzene rings is 2. The minimum Gasteiger partial charge on any atom is -0.372 e. The van der Waals surface area contributed by atoms with Crippen molar-refractivity contribution in [1.29, 1.82) is 0 Å². The number of hydrogen-bond donors (Lipinski definition) is 0. The maximum Gasteiger partial charge on any atom is 0.224 e. The van der Waals surface area contributed by atoms with E-state index in [1.165, 1.54) is 18.5 Å². The third-order valence-electron chi connectivity index (χ3n) is 5.51. The number of nitrogens with zero attached hydrogens (tertiary/aromatic N) is 3. The van der Waals surface area contributed by atoms with Crippen LogP contribution in [0, 0.1) is 0 Å². The molecule has 1 fully saturated rings. The number of carbonyl (C=O) groups is 2. The fourth-order valence-corrected chi connectivity index (χ4v) is 3.83. The zero-order valence-corrected chi connectivity index (χ0v) is 17.5. The Labute approximate surface area is 173 Å². The number of amides is 2. The minimum atomic E-state index is -0.0437. The summed E-state index contributed by atoms with van der Waals surface area (Å²) in [6.07, 6.45) is 2.79. The molecule has 5 nitrogen and oxygen atoms in total. The molecule has 3 rings (SSSR count). The van der Waals surface area contributed by atoms with Gasteiger partial charge in [0.15, 0.2) is 0 Å². The second-order valence-electron chi connectivity index (χ2n) is 7.52. The van der Waals surface area contributed by atoms with E-state index in [9.17, 15) is 9.59 Å². The van der Waals surface area contributed by atoms with Crippen LogP contribution in [0.15, 0.2) is 54.6 Å². The van der Waals surface area contributed by atoms with Crippen LogP contribution in [-0.2, 0) is 16.1 Å². The van der Waals surface area contributed by atoms with E-state index in [0.717, 1.165) is 24.3 Å². The highest BCUT2D eigenvalue weighted by atomic mass is 16.2. The second kappa shape index (κ2) is 10.1. The summed E-state index contributed by atoms with van der Waals surface area (Å²) in [5, 5.41) is 0. The number of anilines is 2. The van der Waals surface area contributed by atoms with Gasteiger partial charge in [-0.1, -0.05) is 30.3 Å². The topological polar surface area (TPSA) is 43.9 Å². The van der Waals surface area contributed by atoms with Gasteiger partial charge in [0, 0.05) is 57.4 Å². The highest BCUT2D eigenvalue weighted by Gasteiger charge is 2.18. The molecule has 2 amide bonds. The molecule has 0 bridgehead atoms. The van der Waals surface area contributed by atoms with Gasteiger partial charge in [0.05, 0.1) is 0 Å². The van der Waals surface area contributed by atoms with Gasteiger partial charge in [0.1, 0.15) is 0 Å². The lowest BCUT2D eigenvalue weighted by atomic mass is 10.2. The van der Waals surface area contributed by atoms with Gasteiger partial charge in [-0.15, -0.1) is 0 Å². The molecule has 1 saturated heterocycles. The molecule has 5 heteroatoms. The average molecular weight is 394 g/mol. The Kier molecular flexibility index (Phi) is 7.28. The van der Waals surface area contributed by atoms with E-state index in [1.54, 1.807) is 11.8 Å². The molecule has 0 saturated carbocycles. The predicted octanol–water partition coefficient (Wildman–Crippen LogP) is 4.08. The Hall–Kier alpha value is -2.82. The van der Waals surface area contributed by atoms with E-state index >= 15 is 0 Å². The molecule has 2 aromatic carbocycles. The summed E-state index contributed by atoms with van der Waals surface area (Å²) >= 11 is 0. The van der Waals surface area contributed by atoms with E-state index in [1.807, 2.05) is 54.3 Å². The molecule has 0 radical (unpaired) electrons. The number of hydrogen-bond acceptors (Lipinski definition) is 3. The lowest BCUT2D eigenvalue weighted by Gasteiger charge is -2.25. The summed E-state index contributed by atoms with van der Waals surface area (Å²) in [6.45, 7) is 7.37. The van der Waals surface area contributed by atoms with Crippen molar-refractivity contribution in [3.63, 3.8) is 0 Å². The lowest BCUT2D eigenvalue weighted by molar-refractivity contribution is -0.131. The predicted molar refractivity (Wildman–Crippen MR) is 118 cm³/mol. The normalized spacial score (nSPS) is 13.4. The molecule has 0 aliphatic carbocycles. The van der Waals surface area contributed by atoms with E-state index < -0.39 is 0 Å². The Morgan fingerprint density at radius 3 is 2.21 bits per heavy atom. The molecule has 0 unspecified atom stereocenters. The smallest absolute Gasteiger partial charge is 0.224 e. The second-order valence-corrected chi connectivity index (χ2v) is 7.52. The van der Waals surface area contributed by atoms with Gasteiger partial charge >= 0.3 is 0 Å². The third-order valence-corrected chi connectivity index (χ3v) is 5.51. The molecule has 1 heterocycles. The first-order chi connectivity index (χ1) is 14.1. The Morgan fingerprint density at radius 1 is 0.966 bits per heavy atom. The van der Waals surface area contributed by atoms with Crippen molar-refractivity contribution in [3.8, 4) is 0 Å². The minimum absolute atomic E-state index is 0.0437. The van der Waals surface area contributed by atoms with E-state index in [0.29, 0.717) is 26.1 Å². The van der Waals surface area contributed by atoms with Crippen LogP contribution in [0.5, 0.6) is 0 Å². The summed E-state index contributed by atoms with van der Waals surface area (Å²) in [4.78, 5) is 30.9. The highest BCUT2D eigenvalue weighted by Crippen LogP contribution is 2.24. The monoisotopic (exact) mass is 393 g/mol. The molecule has 1 aliphatic heterocycles. The molecule has 0 N–H and O–H groups in total. The molecule has 0 spiro atoms. The average Bonchev–Trinajstić information content (AvgIpc) is 3.28. The standard InChI is InChI=1S/C24H31N3O2/c1-3-25(19-21-9-5-4-6-10-21)24(29)15-18-27(20(2)28)23-13-11-22(12-14-23)26-16-7-8-17-26/h4-6,9-14H,3,7-8,15-19H2,1-2H3. The number of carbonyl (C=O) groups excluding carboxylic acids is 2. The van der Waals surface area contributed by atoms with Crippen LogP contribution >= 0.6 is 0 Å². The fourth-order valence-electron chi connectivity index (χ4n) is 3.83. The van der Waals surface area contributed by atoms with Crippen molar-refractivity contribution < 1.29 is 9.59 Å². The summed E-state index contributed by atoms with van der Waals surface area (Å²) in [6, 6.07) is 18.1. The fraction of sp³-hybridized carbons (Fsp3) is 0.417. The first-order valence-corrected chi connectivity index (χ1v) is 10.5. The first kappa shape index (κ1) is 20.9. The van der Waals surface area contributed by atoms with Gasteiger partial charge in [0.25, 0.3) is 0 Å². The summed E-state index contributed by atoms with van der Waals surface area (Å²) in [7, 11) is 0. The largest absolute Gasteiger partial charge is 0.372 e. The Morgan fingerprint density at radius 2 is 1.62 bits per heavy atom. The number of rotatable bonds is 8. The molecular formula is C24H31N3O2. The van der Waals surface area contributed by atoms with Gasteiger partial charge in [-0.2, -0.15) is 0 Å². The summed E-state index contributed by atoms with van der Waals surface area (Å²) in [5.41, 5.74) is 3.16. The quantitative estimate of drug-likeness (QED) is 0.679. The maximum absolute atomic E-state index is 12.7. The summed E-state index contributed by atoms with van der Waals surface area (Å²) in [5.74, 6) is 0.0223. The molecule has 0 aromatic heterocycles. The Bertz CT molecular complexity index is 799. The maximum atomic E-state index is 12.7. The van der Waals surface area contributed by atoms with Crippen LogP contribution in [0.4, 0.5) is 11.4 Å². The van der Waals surface area contributed by atoms with Crippen LogP contribution in [0.2, 0.25) is 0 Å². The lowest BCUT2D eigenvalue weighted by Crippen LogP contribution is -2.36. The SMILES string of the molecule is CCN(Cc1ccccc1)C(=O)CCN(C(C)=O)c1ccc(N2CCCC2)cc1. The van der Waals surface area contributed by atoms with Crippen molar-refractivity contribution >= 4 is 23.2 Å². The van der Waals surface area contributed by atoms with Gasteiger partial charge in [0.2, 0.25) is 11.8 Å². The molecular weight excluding hydrogens is 362 g/mol. The van der Waals surface area contributed by atoms with Gasteiger partial charge in [-0.3, -0.25) is 9.59 Å². The molecule has 0 atom stereocenters. The van der Waals surface area contributed by atoms with Crippen LogP contribution in [-0.4, -0.2) is 42.9 Å². The molecule has 2 aromatic rings. The third kappa shape index (κ3) is 5.59. The van der Waals surface area contributed by atoms with Crippen molar-refractivity contribution in [2.45, 2.75) is 39.7 Å². The van der Waals surface area contributed by atoms with Crippen molar-refractivity contribution in [3.05, 3.63) is 60.2 Å². The van der Waals surface area contributed by atoms with Gasteiger partial charge < -0.3 is 14.7 Å². The van der Waals surface area contributed by atoms with E-state index in [2.05, 4.69) is 17.0 Å². The highest BCUT2D eigenvalue weighted by molar-refractivity contribution is 5.92. The molecule has 1 aliphatic rings. The summed E-state index contributed by atoms with van der Waals surface area (Å²) < 4.78 is 0. The molecule has 29 heavy (non-hydrogen) atoms. The molecule has 154 valence electrons. The van der Waals surface area contributed by atoms with Crippen LogP contribution in [0.1, 0.15) is 38.7 Å². The van der Waals surface area contributed by atoms with E-state index in [-0.39, 0.29) is 11.8 Å². The van der Waals surface area contributed by atoms with Gasteiger partial charge in [-0.25, -0.2) is 0 Å². The van der Waals surface area contributed by atoms with Crippen molar-refractivity contribution in [2.24, 2.45) is 0 Å². The first-order valence-electron chi connectivity index (χ1n) is 10.5. The Balaban J connectivity index is 1.61. The van der Waals surface area contributed by atoms with Crippen LogP contribution in [0.25, 0.3) is 0 Å². The zero-order valence-electron chi connectivity index (χ0n) is 17.5. The van der Waals surface area contributed by atoms with E-state index in [4.69, 9.17) is 0 Å². The zero-order chi connectivity index (χ0) is 20.6. The van der Waals surface area contributed by atoms with Crippen molar-refractivity contribution in [2.75, 3.05) is 36.0 Å².